The predicted octanol–water partition coefficient (Wildman–Crippen LogP) is 1.99. The van der Waals surface area contributed by atoms with Crippen LogP contribution in [0.5, 0.6) is 0 Å². The number of hydrogen-bond donors (Lipinski definition) is 0. The van der Waals surface area contributed by atoms with Crippen molar-refractivity contribution >= 4 is 23.2 Å². The molecule has 2 nitrogen and oxygen atoms in total. The number of nitriles is 2. The van der Waals surface area contributed by atoms with Crippen molar-refractivity contribution in [2.45, 2.75) is 17.2 Å². The number of halogens is 2. The van der Waals surface area contributed by atoms with Crippen molar-refractivity contribution in [2.75, 3.05) is 0 Å². The zero-order valence-corrected chi connectivity index (χ0v) is 6.08. The normalized spacial score (nSPS) is 9.78. The van der Waals surface area contributed by atoms with Gasteiger partial charge in [0, 0.05) is 12.8 Å². The summed E-state index contributed by atoms with van der Waals surface area (Å²) in [5, 5.41) is 16.2. The Morgan fingerprint density at radius 1 is 1.33 bits per heavy atom. The largest absolute Gasteiger partial charge is 0.204 e. The van der Waals surface area contributed by atoms with Gasteiger partial charge >= 0.3 is 0 Å². The molecule has 0 aromatic carbocycles. The summed E-state index contributed by atoms with van der Waals surface area (Å²) in [7, 11) is 0. The molecule has 0 fully saturated rings. The summed E-state index contributed by atoms with van der Waals surface area (Å²) in [5.41, 5.74) is 0. The van der Waals surface area contributed by atoms with Crippen LogP contribution in [0, 0.1) is 22.7 Å². The topological polar surface area (TPSA) is 47.6 Å². The standard InChI is InChI=1S/C5H4Cl2N2/c6-5(7,4-9)2-1-3-8/h1-2H2. The van der Waals surface area contributed by atoms with Gasteiger partial charge in [-0.25, -0.2) is 0 Å². The lowest BCUT2D eigenvalue weighted by molar-refractivity contribution is 0.838. The Hall–Kier alpha value is -0.440. The maximum Gasteiger partial charge on any atom is 0.204 e. The van der Waals surface area contributed by atoms with Gasteiger partial charge in [0.25, 0.3) is 0 Å². The van der Waals surface area contributed by atoms with Gasteiger partial charge in [-0.2, -0.15) is 10.5 Å². The lowest BCUT2D eigenvalue weighted by atomic mass is 10.2. The number of alkyl halides is 2. The minimum Gasteiger partial charge on any atom is -0.198 e. The molecule has 0 amide bonds. The fraction of sp³-hybridized carbons (Fsp3) is 0.600. The molecule has 0 bridgehead atoms. The third-order valence-corrected chi connectivity index (χ3v) is 1.26. The minimum atomic E-state index is -1.38. The molecule has 0 unspecified atom stereocenters. The highest BCUT2D eigenvalue weighted by Crippen LogP contribution is 2.24. The molecule has 48 valence electrons. The Labute approximate surface area is 63.6 Å². The second-order valence-corrected chi connectivity index (χ2v) is 2.96. The van der Waals surface area contributed by atoms with Crippen LogP contribution in [-0.2, 0) is 0 Å². The highest BCUT2D eigenvalue weighted by molar-refractivity contribution is 6.50. The van der Waals surface area contributed by atoms with Crippen LogP contribution in [0.25, 0.3) is 0 Å². The summed E-state index contributed by atoms with van der Waals surface area (Å²) in [6, 6.07) is 3.49. The van der Waals surface area contributed by atoms with Crippen LogP contribution < -0.4 is 0 Å². The van der Waals surface area contributed by atoms with E-state index in [1.807, 2.05) is 6.07 Å². The fourth-order valence-corrected chi connectivity index (χ4v) is 0.458. The van der Waals surface area contributed by atoms with Gasteiger partial charge in [0.1, 0.15) is 6.07 Å². The molecule has 0 saturated heterocycles. The molecule has 0 aromatic heterocycles. The first kappa shape index (κ1) is 8.56. The monoisotopic (exact) mass is 162 g/mol. The highest BCUT2D eigenvalue weighted by Gasteiger charge is 2.21. The third-order valence-electron chi connectivity index (χ3n) is 0.714. The molecule has 0 atom stereocenters. The summed E-state index contributed by atoms with van der Waals surface area (Å²) in [5.74, 6) is 0. The van der Waals surface area contributed by atoms with Crippen LogP contribution >= 0.6 is 23.2 Å². The first-order valence-electron chi connectivity index (χ1n) is 2.28. The Morgan fingerprint density at radius 3 is 2.22 bits per heavy atom. The van der Waals surface area contributed by atoms with Gasteiger partial charge in [-0.1, -0.05) is 23.2 Å². The summed E-state index contributed by atoms with van der Waals surface area (Å²) >= 11 is 10.7. The average molecular weight is 163 g/mol. The van der Waals surface area contributed by atoms with Crippen molar-refractivity contribution in [2.24, 2.45) is 0 Å². The average Bonchev–Trinajstić information content (AvgIpc) is 1.84. The van der Waals surface area contributed by atoms with Gasteiger partial charge in [0.05, 0.1) is 6.07 Å². The van der Waals surface area contributed by atoms with Crippen LogP contribution in [-0.4, -0.2) is 4.33 Å². The lowest BCUT2D eigenvalue weighted by Gasteiger charge is -2.04. The van der Waals surface area contributed by atoms with Crippen molar-refractivity contribution in [3.63, 3.8) is 0 Å². The van der Waals surface area contributed by atoms with Crippen molar-refractivity contribution in [3.05, 3.63) is 0 Å². The Bertz CT molecular complexity index is 163. The van der Waals surface area contributed by atoms with Gasteiger partial charge in [0.2, 0.25) is 4.33 Å². The van der Waals surface area contributed by atoms with E-state index in [4.69, 9.17) is 33.7 Å². The van der Waals surface area contributed by atoms with Crippen molar-refractivity contribution in [3.8, 4) is 12.1 Å². The molecule has 0 aliphatic rings. The molecule has 9 heavy (non-hydrogen) atoms. The fourth-order valence-electron chi connectivity index (χ4n) is 0.269. The molecule has 0 rings (SSSR count). The van der Waals surface area contributed by atoms with E-state index in [1.54, 1.807) is 6.07 Å². The lowest BCUT2D eigenvalue weighted by Crippen LogP contribution is -2.07. The summed E-state index contributed by atoms with van der Waals surface area (Å²) in [4.78, 5) is 0. The van der Waals surface area contributed by atoms with E-state index in [2.05, 4.69) is 0 Å². The number of rotatable bonds is 2. The summed E-state index contributed by atoms with van der Waals surface area (Å²) < 4.78 is -1.38. The zero-order valence-electron chi connectivity index (χ0n) is 4.56. The molecule has 0 spiro atoms. The van der Waals surface area contributed by atoms with Crippen LogP contribution in [0.15, 0.2) is 0 Å². The maximum absolute atomic E-state index is 8.20. The molecule has 0 aliphatic heterocycles. The van der Waals surface area contributed by atoms with Gasteiger partial charge in [-0.05, 0) is 0 Å². The molecule has 0 aliphatic carbocycles. The second kappa shape index (κ2) is 3.56. The molecular weight excluding hydrogens is 159 g/mol. The number of hydrogen-bond acceptors (Lipinski definition) is 2. The van der Waals surface area contributed by atoms with E-state index in [0.717, 1.165) is 0 Å². The first-order chi connectivity index (χ1) is 4.12. The first-order valence-corrected chi connectivity index (χ1v) is 3.04. The number of nitrogens with zero attached hydrogens (tertiary/aromatic N) is 2. The predicted molar refractivity (Wildman–Crippen MR) is 34.9 cm³/mol. The summed E-state index contributed by atoms with van der Waals surface area (Å²) in [6.07, 6.45) is 0.406. The third kappa shape index (κ3) is 4.09. The minimum absolute atomic E-state index is 0.198. The molecule has 0 heterocycles. The molecular formula is C5H4Cl2N2. The van der Waals surface area contributed by atoms with Gasteiger partial charge in [0.15, 0.2) is 0 Å². The van der Waals surface area contributed by atoms with Crippen LogP contribution in [0.3, 0.4) is 0 Å². The Morgan fingerprint density at radius 2 is 1.89 bits per heavy atom. The second-order valence-electron chi connectivity index (χ2n) is 1.47. The van der Waals surface area contributed by atoms with Crippen LogP contribution in [0.4, 0.5) is 0 Å². The zero-order chi connectivity index (χ0) is 7.33. The smallest absolute Gasteiger partial charge is 0.198 e. The highest BCUT2D eigenvalue weighted by atomic mass is 35.5. The van der Waals surface area contributed by atoms with E-state index in [-0.39, 0.29) is 12.8 Å². The molecule has 0 aromatic rings. The van der Waals surface area contributed by atoms with Crippen molar-refractivity contribution in [1.82, 2.24) is 0 Å². The van der Waals surface area contributed by atoms with E-state index in [0.29, 0.717) is 0 Å². The van der Waals surface area contributed by atoms with Crippen LogP contribution in [0.1, 0.15) is 12.8 Å². The Balaban J connectivity index is 3.65. The van der Waals surface area contributed by atoms with E-state index in [1.165, 1.54) is 0 Å². The molecule has 0 radical (unpaired) electrons. The Kier molecular flexibility index (Phi) is 3.39. The van der Waals surface area contributed by atoms with Crippen molar-refractivity contribution in [1.29, 1.82) is 10.5 Å². The maximum atomic E-state index is 8.20. The van der Waals surface area contributed by atoms with Gasteiger partial charge in [-0.3, -0.25) is 0 Å². The van der Waals surface area contributed by atoms with Gasteiger partial charge < -0.3 is 0 Å². The molecule has 0 N–H and O–H groups in total. The van der Waals surface area contributed by atoms with Gasteiger partial charge in [-0.15, -0.1) is 0 Å². The quantitative estimate of drug-likeness (QED) is 0.584. The van der Waals surface area contributed by atoms with E-state index in [9.17, 15) is 0 Å². The van der Waals surface area contributed by atoms with E-state index >= 15 is 0 Å². The molecule has 4 heteroatoms. The van der Waals surface area contributed by atoms with E-state index < -0.39 is 4.33 Å². The SMILES string of the molecule is N#CCCC(Cl)(Cl)C#N. The molecule has 0 saturated carbocycles. The summed E-state index contributed by atoms with van der Waals surface area (Å²) in [6.45, 7) is 0. The van der Waals surface area contributed by atoms with Crippen molar-refractivity contribution < 1.29 is 0 Å². The van der Waals surface area contributed by atoms with Crippen LogP contribution in [0.2, 0.25) is 0 Å².